The van der Waals surface area contributed by atoms with Crippen molar-refractivity contribution in [2.24, 2.45) is 13.0 Å². The molecule has 2 N–H and O–H groups in total. The van der Waals surface area contributed by atoms with E-state index in [0.717, 1.165) is 42.2 Å². The van der Waals surface area contributed by atoms with Gasteiger partial charge in [0.25, 0.3) is 5.56 Å². The second-order valence-electron chi connectivity index (χ2n) is 7.34. The van der Waals surface area contributed by atoms with E-state index >= 15 is 0 Å². The number of hydrogen-bond donors (Lipinski definition) is 1. The van der Waals surface area contributed by atoms with Crippen LogP contribution < -0.4 is 17.0 Å². The molecule has 154 valence electrons. The summed E-state index contributed by atoms with van der Waals surface area (Å²) in [6.07, 6.45) is 4.52. The Morgan fingerprint density at radius 3 is 2.41 bits per heavy atom. The third kappa shape index (κ3) is 4.47. The van der Waals surface area contributed by atoms with Gasteiger partial charge < -0.3 is 10.5 Å². The first kappa shape index (κ1) is 20.6. The highest BCUT2D eigenvalue weighted by Gasteiger charge is 2.26. The third-order valence-electron chi connectivity index (χ3n) is 5.33. The molecule has 1 aromatic carbocycles. The molecule has 2 aromatic rings. The van der Waals surface area contributed by atoms with Gasteiger partial charge in [0.05, 0.1) is 12.5 Å². The number of hydrogen-bond acceptors (Lipinski definition) is 6. The molecule has 1 aromatic heterocycles. The van der Waals surface area contributed by atoms with Gasteiger partial charge in [-0.15, -0.1) is 0 Å². The highest BCUT2D eigenvalue weighted by Crippen LogP contribution is 2.24. The number of rotatable bonds is 6. The molecule has 0 bridgehead atoms. The van der Waals surface area contributed by atoms with E-state index in [1.807, 2.05) is 30.3 Å². The number of nitrogen functional groups attached to an aromatic ring is 1. The van der Waals surface area contributed by atoms with Crippen molar-refractivity contribution >= 4 is 17.6 Å². The van der Waals surface area contributed by atoms with Crippen LogP contribution >= 0.6 is 0 Å². The Morgan fingerprint density at radius 2 is 1.76 bits per heavy atom. The number of ether oxygens (including phenoxy) is 1. The SMILES string of the molecule is Cn1c(=O)c(C(=O)COC(=O)C2CCCCC2)c(N)n(Cc2ccccc2)c1=O. The second kappa shape index (κ2) is 8.89. The topological polar surface area (TPSA) is 113 Å². The van der Waals surface area contributed by atoms with E-state index in [1.165, 1.54) is 11.6 Å². The van der Waals surface area contributed by atoms with Crippen LogP contribution in [0.1, 0.15) is 48.0 Å². The van der Waals surface area contributed by atoms with Crippen molar-refractivity contribution in [3.8, 4) is 0 Å². The molecule has 8 heteroatoms. The zero-order valence-electron chi connectivity index (χ0n) is 16.4. The summed E-state index contributed by atoms with van der Waals surface area (Å²) in [4.78, 5) is 49.9. The quantitative estimate of drug-likeness (QED) is 0.581. The van der Waals surface area contributed by atoms with Crippen molar-refractivity contribution in [1.82, 2.24) is 9.13 Å². The minimum Gasteiger partial charge on any atom is -0.457 e. The maximum absolute atomic E-state index is 12.7. The summed E-state index contributed by atoms with van der Waals surface area (Å²) in [6.45, 7) is -0.458. The lowest BCUT2D eigenvalue weighted by Gasteiger charge is -2.20. The largest absolute Gasteiger partial charge is 0.457 e. The number of aromatic nitrogens is 2. The number of carbonyl (C=O) groups is 2. The Kier molecular flexibility index (Phi) is 6.31. The molecule has 0 atom stereocenters. The molecule has 1 fully saturated rings. The molecular weight excluding hydrogens is 374 g/mol. The monoisotopic (exact) mass is 399 g/mol. The molecule has 29 heavy (non-hydrogen) atoms. The van der Waals surface area contributed by atoms with Crippen molar-refractivity contribution in [3.63, 3.8) is 0 Å². The number of esters is 1. The van der Waals surface area contributed by atoms with Crippen LogP contribution in [0.4, 0.5) is 5.82 Å². The average Bonchev–Trinajstić information content (AvgIpc) is 2.75. The molecule has 1 heterocycles. The van der Waals surface area contributed by atoms with Gasteiger partial charge in [-0.25, -0.2) is 4.79 Å². The smallest absolute Gasteiger partial charge is 0.332 e. The summed E-state index contributed by atoms with van der Waals surface area (Å²) in [5.41, 5.74) is 5.09. The van der Waals surface area contributed by atoms with Gasteiger partial charge in [-0.3, -0.25) is 23.5 Å². The van der Waals surface area contributed by atoms with Gasteiger partial charge in [0.1, 0.15) is 11.4 Å². The fourth-order valence-electron chi connectivity index (χ4n) is 3.63. The van der Waals surface area contributed by atoms with Gasteiger partial charge in [-0.1, -0.05) is 49.6 Å². The van der Waals surface area contributed by atoms with E-state index in [1.54, 1.807) is 0 Å². The van der Waals surface area contributed by atoms with Crippen LogP contribution in [0, 0.1) is 5.92 Å². The summed E-state index contributed by atoms with van der Waals surface area (Å²) >= 11 is 0. The Morgan fingerprint density at radius 1 is 1.10 bits per heavy atom. The molecule has 3 rings (SSSR count). The Hall–Kier alpha value is -3.16. The summed E-state index contributed by atoms with van der Waals surface area (Å²) < 4.78 is 7.17. The molecular formula is C21H25N3O5. The van der Waals surface area contributed by atoms with Gasteiger partial charge in [-0.2, -0.15) is 0 Å². The highest BCUT2D eigenvalue weighted by molar-refractivity contribution is 6.01. The summed E-state index contributed by atoms with van der Waals surface area (Å²) in [5, 5.41) is 0. The van der Waals surface area contributed by atoms with E-state index < -0.39 is 29.6 Å². The number of Topliss-reactive ketones (excluding diaryl/α,β-unsaturated/α-hetero) is 1. The zero-order valence-corrected chi connectivity index (χ0v) is 16.4. The highest BCUT2D eigenvalue weighted by atomic mass is 16.5. The molecule has 0 unspecified atom stereocenters. The van der Waals surface area contributed by atoms with Crippen LogP contribution in [0.25, 0.3) is 0 Å². The first-order valence-electron chi connectivity index (χ1n) is 9.73. The fourth-order valence-corrected chi connectivity index (χ4v) is 3.63. The lowest BCUT2D eigenvalue weighted by molar-refractivity contribution is -0.148. The molecule has 0 spiro atoms. The predicted molar refractivity (Wildman–Crippen MR) is 108 cm³/mol. The average molecular weight is 399 g/mol. The zero-order chi connectivity index (χ0) is 21.0. The summed E-state index contributed by atoms with van der Waals surface area (Å²) in [5.74, 6) is -1.57. The maximum atomic E-state index is 12.7. The number of anilines is 1. The van der Waals surface area contributed by atoms with E-state index in [9.17, 15) is 19.2 Å². The molecule has 1 aliphatic carbocycles. The molecule has 0 amide bonds. The van der Waals surface area contributed by atoms with Gasteiger partial charge >= 0.3 is 11.7 Å². The molecule has 8 nitrogen and oxygen atoms in total. The van der Waals surface area contributed by atoms with Gasteiger partial charge in [0, 0.05) is 7.05 Å². The molecule has 0 aliphatic heterocycles. The van der Waals surface area contributed by atoms with Crippen molar-refractivity contribution in [3.05, 3.63) is 62.3 Å². The lowest BCUT2D eigenvalue weighted by Crippen LogP contribution is -2.43. The second-order valence-corrected chi connectivity index (χ2v) is 7.34. The molecule has 1 saturated carbocycles. The van der Waals surface area contributed by atoms with Crippen molar-refractivity contribution in [2.45, 2.75) is 38.6 Å². The number of ketones is 1. The first-order valence-corrected chi connectivity index (χ1v) is 9.73. The summed E-state index contributed by atoms with van der Waals surface area (Å²) in [7, 11) is 1.29. The fraction of sp³-hybridized carbons (Fsp3) is 0.429. The molecule has 1 aliphatic rings. The van der Waals surface area contributed by atoms with E-state index in [-0.39, 0.29) is 23.8 Å². The van der Waals surface area contributed by atoms with Gasteiger partial charge in [0.15, 0.2) is 6.61 Å². The van der Waals surface area contributed by atoms with Gasteiger partial charge in [0.2, 0.25) is 5.78 Å². The Balaban J connectivity index is 1.84. The number of carbonyl (C=O) groups excluding carboxylic acids is 2. The molecule has 0 radical (unpaired) electrons. The summed E-state index contributed by atoms with van der Waals surface area (Å²) in [6, 6.07) is 9.09. The standard InChI is InChI=1S/C21H25N3O5/c1-23-19(26)17(16(25)13-29-20(27)15-10-6-3-7-11-15)18(22)24(21(23)28)12-14-8-4-2-5-9-14/h2,4-5,8-9,15H,3,6-7,10-13,22H2,1H3. The van der Waals surface area contributed by atoms with Crippen molar-refractivity contribution in [1.29, 1.82) is 0 Å². The van der Waals surface area contributed by atoms with E-state index in [2.05, 4.69) is 0 Å². The third-order valence-corrected chi connectivity index (χ3v) is 5.33. The number of benzene rings is 1. The van der Waals surface area contributed by atoms with Crippen LogP contribution in [0.15, 0.2) is 39.9 Å². The van der Waals surface area contributed by atoms with Crippen molar-refractivity contribution in [2.75, 3.05) is 12.3 Å². The number of nitrogens with zero attached hydrogens (tertiary/aromatic N) is 2. The minimum absolute atomic E-state index is 0.113. The minimum atomic E-state index is -0.796. The normalized spacial score (nSPS) is 14.5. The molecule has 0 saturated heterocycles. The Labute approximate surface area is 167 Å². The van der Waals surface area contributed by atoms with Crippen LogP contribution in [0.5, 0.6) is 0 Å². The maximum Gasteiger partial charge on any atom is 0.332 e. The Bertz CT molecular complexity index is 1020. The number of nitrogens with two attached hydrogens (primary N) is 1. The van der Waals surface area contributed by atoms with E-state index in [0.29, 0.717) is 0 Å². The van der Waals surface area contributed by atoms with Crippen LogP contribution in [0.3, 0.4) is 0 Å². The van der Waals surface area contributed by atoms with E-state index in [4.69, 9.17) is 10.5 Å². The first-order chi connectivity index (χ1) is 13.9. The predicted octanol–water partition coefficient (Wildman–Crippen LogP) is 1.48. The van der Waals surface area contributed by atoms with Crippen molar-refractivity contribution < 1.29 is 14.3 Å². The van der Waals surface area contributed by atoms with Crippen LogP contribution in [0.2, 0.25) is 0 Å². The lowest BCUT2D eigenvalue weighted by atomic mass is 9.89. The van der Waals surface area contributed by atoms with Crippen LogP contribution in [-0.2, 0) is 23.1 Å². The van der Waals surface area contributed by atoms with Crippen LogP contribution in [-0.4, -0.2) is 27.5 Å². The van der Waals surface area contributed by atoms with Gasteiger partial charge in [-0.05, 0) is 18.4 Å².